The Morgan fingerprint density at radius 1 is 0.944 bits per heavy atom. The molecule has 0 radical (unpaired) electrons. The molecular formula is C16H15NO. The molecule has 0 aliphatic heterocycles. The van der Waals surface area contributed by atoms with Crippen LogP contribution in [0.2, 0.25) is 0 Å². The molecule has 1 amide bonds. The summed E-state index contributed by atoms with van der Waals surface area (Å²) in [5, 5.41) is 0. The molecule has 2 aromatic rings. The summed E-state index contributed by atoms with van der Waals surface area (Å²) >= 11 is 0. The fraction of sp³-hybridized carbons (Fsp3) is 0.0625. The van der Waals surface area contributed by atoms with Crippen LogP contribution < -0.4 is 0 Å². The maximum atomic E-state index is 12.0. The molecule has 90 valence electrons. The molecule has 2 heteroatoms. The van der Waals surface area contributed by atoms with E-state index >= 15 is 0 Å². The van der Waals surface area contributed by atoms with Crippen LogP contribution in [0.5, 0.6) is 0 Å². The van der Waals surface area contributed by atoms with Gasteiger partial charge in [0.2, 0.25) is 0 Å². The van der Waals surface area contributed by atoms with Crippen molar-refractivity contribution in [2.45, 2.75) is 0 Å². The van der Waals surface area contributed by atoms with Crippen LogP contribution in [0.3, 0.4) is 0 Å². The van der Waals surface area contributed by atoms with Crippen molar-refractivity contribution in [3.63, 3.8) is 0 Å². The van der Waals surface area contributed by atoms with E-state index in [-0.39, 0.29) is 5.91 Å². The molecule has 0 unspecified atom stereocenters. The lowest BCUT2D eigenvalue weighted by Gasteiger charge is -2.11. The van der Waals surface area contributed by atoms with Gasteiger partial charge < -0.3 is 4.90 Å². The van der Waals surface area contributed by atoms with Crippen molar-refractivity contribution in [2.75, 3.05) is 7.05 Å². The number of amides is 1. The quantitative estimate of drug-likeness (QED) is 0.801. The Kier molecular flexibility index (Phi) is 3.92. The second-order valence-corrected chi connectivity index (χ2v) is 4.01. The first kappa shape index (κ1) is 12.1. The SMILES string of the molecule is CN(/C=C\c1ccccc1)C(=O)c1ccccc1. The zero-order valence-corrected chi connectivity index (χ0v) is 10.3. The van der Waals surface area contributed by atoms with Crippen LogP contribution in [0.1, 0.15) is 15.9 Å². The minimum absolute atomic E-state index is 0.0113. The lowest BCUT2D eigenvalue weighted by molar-refractivity contribution is 0.0851. The minimum Gasteiger partial charge on any atom is -0.318 e. The normalized spacial score (nSPS) is 10.5. The highest BCUT2D eigenvalue weighted by Crippen LogP contribution is 2.06. The van der Waals surface area contributed by atoms with Gasteiger partial charge in [-0.15, -0.1) is 0 Å². The molecule has 0 fully saturated rings. The van der Waals surface area contributed by atoms with Crippen LogP contribution in [-0.4, -0.2) is 17.9 Å². The van der Waals surface area contributed by atoms with Crippen LogP contribution in [-0.2, 0) is 0 Å². The van der Waals surface area contributed by atoms with E-state index in [1.165, 1.54) is 0 Å². The molecule has 18 heavy (non-hydrogen) atoms. The van der Waals surface area contributed by atoms with Crippen LogP contribution in [0.25, 0.3) is 6.08 Å². The predicted octanol–water partition coefficient (Wildman–Crippen LogP) is 3.43. The summed E-state index contributed by atoms with van der Waals surface area (Å²) in [4.78, 5) is 13.6. The van der Waals surface area contributed by atoms with Crippen molar-refractivity contribution >= 4 is 12.0 Å². The summed E-state index contributed by atoms with van der Waals surface area (Å²) in [6.07, 6.45) is 3.70. The second-order valence-electron chi connectivity index (χ2n) is 4.01. The van der Waals surface area contributed by atoms with Gasteiger partial charge in [0.25, 0.3) is 5.91 Å². The number of benzene rings is 2. The Morgan fingerprint density at radius 3 is 2.11 bits per heavy atom. The Labute approximate surface area is 107 Å². The smallest absolute Gasteiger partial charge is 0.257 e. The number of nitrogens with zero attached hydrogens (tertiary/aromatic N) is 1. The minimum atomic E-state index is -0.0113. The molecule has 0 atom stereocenters. The maximum Gasteiger partial charge on any atom is 0.257 e. The largest absolute Gasteiger partial charge is 0.318 e. The molecule has 0 spiro atoms. The van der Waals surface area contributed by atoms with Crippen molar-refractivity contribution in [1.82, 2.24) is 4.90 Å². The number of carbonyl (C=O) groups is 1. The highest BCUT2D eigenvalue weighted by atomic mass is 16.2. The van der Waals surface area contributed by atoms with Crippen LogP contribution in [0.4, 0.5) is 0 Å². The van der Waals surface area contributed by atoms with Gasteiger partial charge in [-0.05, 0) is 23.8 Å². The van der Waals surface area contributed by atoms with Gasteiger partial charge in [0.05, 0.1) is 0 Å². The Balaban J connectivity index is 2.07. The Hall–Kier alpha value is -2.35. The number of hydrogen-bond donors (Lipinski definition) is 0. The highest BCUT2D eigenvalue weighted by molar-refractivity contribution is 5.94. The summed E-state index contributed by atoms with van der Waals surface area (Å²) in [5.74, 6) is -0.0113. The summed E-state index contributed by atoms with van der Waals surface area (Å²) in [7, 11) is 1.76. The third kappa shape index (κ3) is 3.08. The van der Waals surface area contributed by atoms with Gasteiger partial charge in [-0.25, -0.2) is 0 Å². The molecule has 0 saturated heterocycles. The molecule has 0 aromatic heterocycles. The highest BCUT2D eigenvalue weighted by Gasteiger charge is 2.07. The van der Waals surface area contributed by atoms with Crippen molar-refractivity contribution < 1.29 is 4.79 Å². The molecule has 0 aliphatic carbocycles. The van der Waals surface area contributed by atoms with Crippen molar-refractivity contribution in [3.05, 3.63) is 78.0 Å². The van der Waals surface area contributed by atoms with E-state index in [9.17, 15) is 4.79 Å². The average molecular weight is 237 g/mol. The zero-order chi connectivity index (χ0) is 12.8. The van der Waals surface area contributed by atoms with Crippen LogP contribution in [0.15, 0.2) is 66.9 Å². The zero-order valence-electron chi connectivity index (χ0n) is 10.3. The average Bonchev–Trinajstić information content (AvgIpc) is 2.46. The van der Waals surface area contributed by atoms with Gasteiger partial charge in [-0.3, -0.25) is 4.79 Å². The van der Waals surface area contributed by atoms with E-state index in [4.69, 9.17) is 0 Å². The van der Waals surface area contributed by atoms with Crippen LogP contribution in [0, 0.1) is 0 Å². The Morgan fingerprint density at radius 2 is 1.50 bits per heavy atom. The van der Waals surface area contributed by atoms with E-state index in [2.05, 4.69) is 0 Å². The molecule has 2 nitrogen and oxygen atoms in total. The monoisotopic (exact) mass is 237 g/mol. The molecule has 0 N–H and O–H groups in total. The summed E-state index contributed by atoms with van der Waals surface area (Å²) < 4.78 is 0. The number of carbonyl (C=O) groups excluding carboxylic acids is 1. The fourth-order valence-corrected chi connectivity index (χ4v) is 1.61. The van der Waals surface area contributed by atoms with Crippen LogP contribution >= 0.6 is 0 Å². The third-order valence-electron chi connectivity index (χ3n) is 2.63. The van der Waals surface area contributed by atoms with Gasteiger partial charge in [-0.1, -0.05) is 48.5 Å². The molecule has 0 aliphatic rings. The molecular weight excluding hydrogens is 222 g/mol. The number of rotatable bonds is 3. The van der Waals surface area contributed by atoms with E-state index < -0.39 is 0 Å². The van der Waals surface area contributed by atoms with Crippen molar-refractivity contribution in [2.24, 2.45) is 0 Å². The maximum absolute atomic E-state index is 12.0. The summed E-state index contributed by atoms with van der Waals surface area (Å²) in [5.41, 5.74) is 1.77. The van der Waals surface area contributed by atoms with Crippen molar-refractivity contribution in [3.8, 4) is 0 Å². The number of hydrogen-bond acceptors (Lipinski definition) is 1. The molecule has 0 heterocycles. The molecule has 2 aromatic carbocycles. The van der Waals surface area contributed by atoms with E-state index in [0.717, 1.165) is 5.56 Å². The summed E-state index contributed by atoms with van der Waals surface area (Å²) in [6.45, 7) is 0. The predicted molar refractivity (Wildman–Crippen MR) is 74.0 cm³/mol. The lowest BCUT2D eigenvalue weighted by atomic mass is 10.2. The summed E-state index contributed by atoms with van der Waals surface area (Å²) in [6, 6.07) is 19.2. The first-order valence-electron chi connectivity index (χ1n) is 5.83. The lowest BCUT2D eigenvalue weighted by Crippen LogP contribution is -2.20. The van der Waals surface area contributed by atoms with Gasteiger partial charge in [-0.2, -0.15) is 0 Å². The topological polar surface area (TPSA) is 20.3 Å². The van der Waals surface area contributed by atoms with Crippen molar-refractivity contribution in [1.29, 1.82) is 0 Å². The second kappa shape index (κ2) is 5.82. The van der Waals surface area contributed by atoms with E-state index in [1.54, 1.807) is 18.1 Å². The molecule has 0 bridgehead atoms. The van der Waals surface area contributed by atoms with Gasteiger partial charge in [0, 0.05) is 18.8 Å². The van der Waals surface area contributed by atoms with E-state index in [0.29, 0.717) is 5.56 Å². The first-order chi connectivity index (χ1) is 8.77. The van der Waals surface area contributed by atoms with Gasteiger partial charge >= 0.3 is 0 Å². The Bertz CT molecular complexity index is 532. The van der Waals surface area contributed by atoms with E-state index in [1.807, 2.05) is 66.7 Å². The third-order valence-corrected chi connectivity index (χ3v) is 2.63. The fourth-order valence-electron chi connectivity index (χ4n) is 1.61. The standard InChI is InChI=1S/C16H15NO/c1-17(13-12-14-8-4-2-5-9-14)16(18)15-10-6-3-7-11-15/h2-13H,1H3/b13-12-. The van der Waals surface area contributed by atoms with Gasteiger partial charge in [0.1, 0.15) is 0 Å². The first-order valence-corrected chi connectivity index (χ1v) is 5.83. The van der Waals surface area contributed by atoms with Gasteiger partial charge in [0.15, 0.2) is 0 Å². The molecule has 2 rings (SSSR count). The molecule has 0 saturated carbocycles.